The lowest BCUT2D eigenvalue weighted by atomic mass is 10.2. The highest BCUT2D eigenvalue weighted by molar-refractivity contribution is 5.31. The molecule has 2 rings (SSSR count). The van der Waals surface area contributed by atoms with Crippen LogP contribution in [-0.2, 0) is 6.54 Å². The van der Waals surface area contributed by atoms with Gasteiger partial charge >= 0.3 is 0 Å². The Morgan fingerprint density at radius 1 is 1.28 bits per heavy atom. The van der Waals surface area contributed by atoms with Gasteiger partial charge in [0.05, 0.1) is 0 Å². The second kappa shape index (κ2) is 5.60. The molecule has 0 aliphatic heterocycles. The van der Waals surface area contributed by atoms with Crippen LogP contribution in [0.1, 0.15) is 11.1 Å². The second-order valence-corrected chi connectivity index (χ2v) is 4.05. The van der Waals surface area contributed by atoms with Crippen molar-refractivity contribution in [3.63, 3.8) is 0 Å². The Morgan fingerprint density at radius 2 is 2.11 bits per heavy atom. The molecule has 0 unspecified atom stereocenters. The molecule has 0 fully saturated rings. The summed E-state index contributed by atoms with van der Waals surface area (Å²) in [5, 5.41) is 3.04. The van der Waals surface area contributed by atoms with Crippen LogP contribution >= 0.6 is 0 Å². The van der Waals surface area contributed by atoms with Gasteiger partial charge < -0.3 is 10.1 Å². The molecule has 0 aliphatic carbocycles. The predicted molar refractivity (Wildman–Crippen MR) is 68.2 cm³/mol. The highest BCUT2D eigenvalue weighted by Gasteiger charge is 2.02. The van der Waals surface area contributed by atoms with E-state index in [0.29, 0.717) is 17.2 Å². The van der Waals surface area contributed by atoms with E-state index in [1.807, 2.05) is 13.1 Å². The first-order chi connectivity index (χ1) is 8.69. The molecule has 0 atom stereocenters. The number of halogens is 1. The van der Waals surface area contributed by atoms with Crippen LogP contribution in [0.5, 0.6) is 11.6 Å². The third-order valence-corrected chi connectivity index (χ3v) is 2.54. The standard InChI is InChI=1S/C14H15FN2O/c1-10-3-5-12(7-13(10)15)18-14-6-4-11(8-16-2)9-17-14/h3-7,9,16H,8H2,1-2H3. The molecule has 4 heteroatoms. The van der Waals surface area contributed by atoms with Crippen molar-refractivity contribution in [2.75, 3.05) is 7.05 Å². The van der Waals surface area contributed by atoms with Gasteiger partial charge in [-0.15, -0.1) is 0 Å². The lowest BCUT2D eigenvalue weighted by Gasteiger charge is -2.06. The van der Waals surface area contributed by atoms with Crippen molar-refractivity contribution in [2.45, 2.75) is 13.5 Å². The molecule has 94 valence electrons. The van der Waals surface area contributed by atoms with E-state index in [-0.39, 0.29) is 5.82 Å². The first-order valence-electron chi connectivity index (χ1n) is 5.72. The maximum atomic E-state index is 13.3. The molecule has 2 aromatic rings. The third-order valence-electron chi connectivity index (χ3n) is 2.54. The Kier molecular flexibility index (Phi) is 3.89. The summed E-state index contributed by atoms with van der Waals surface area (Å²) in [6.07, 6.45) is 1.73. The van der Waals surface area contributed by atoms with E-state index in [4.69, 9.17) is 4.74 Å². The average Bonchev–Trinajstić information content (AvgIpc) is 2.37. The van der Waals surface area contributed by atoms with Gasteiger partial charge in [0.15, 0.2) is 0 Å². The number of hydrogen-bond acceptors (Lipinski definition) is 3. The van der Waals surface area contributed by atoms with Crippen LogP contribution in [0.3, 0.4) is 0 Å². The zero-order chi connectivity index (χ0) is 13.0. The van der Waals surface area contributed by atoms with Crippen molar-refractivity contribution < 1.29 is 9.13 Å². The van der Waals surface area contributed by atoms with Gasteiger partial charge in [-0.3, -0.25) is 0 Å². The summed E-state index contributed by atoms with van der Waals surface area (Å²) in [5.41, 5.74) is 1.67. The summed E-state index contributed by atoms with van der Waals surface area (Å²) in [6, 6.07) is 8.45. The minimum absolute atomic E-state index is 0.278. The first-order valence-corrected chi connectivity index (χ1v) is 5.72. The van der Waals surface area contributed by atoms with Gasteiger partial charge in [0.1, 0.15) is 11.6 Å². The molecule has 0 spiro atoms. The van der Waals surface area contributed by atoms with Crippen LogP contribution in [0.15, 0.2) is 36.5 Å². The lowest BCUT2D eigenvalue weighted by molar-refractivity contribution is 0.457. The zero-order valence-corrected chi connectivity index (χ0v) is 10.4. The summed E-state index contributed by atoms with van der Waals surface area (Å²) in [5.74, 6) is 0.629. The Balaban J connectivity index is 2.10. The quantitative estimate of drug-likeness (QED) is 0.900. The number of hydrogen-bond donors (Lipinski definition) is 1. The third kappa shape index (κ3) is 3.05. The maximum absolute atomic E-state index is 13.3. The van der Waals surface area contributed by atoms with Crippen molar-refractivity contribution in [3.05, 3.63) is 53.5 Å². The van der Waals surface area contributed by atoms with Gasteiger partial charge in [-0.1, -0.05) is 12.1 Å². The molecule has 1 aromatic carbocycles. The molecule has 1 heterocycles. The van der Waals surface area contributed by atoms with E-state index in [2.05, 4.69) is 10.3 Å². The fourth-order valence-electron chi connectivity index (χ4n) is 1.54. The van der Waals surface area contributed by atoms with Crippen LogP contribution in [0.2, 0.25) is 0 Å². The molecule has 1 N–H and O–H groups in total. The summed E-state index contributed by atoms with van der Waals surface area (Å²) >= 11 is 0. The number of aromatic nitrogens is 1. The van der Waals surface area contributed by atoms with E-state index in [1.54, 1.807) is 31.3 Å². The molecule has 0 saturated heterocycles. The van der Waals surface area contributed by atoms with E-state index in [1.165, 1.54) is 6.07 Å². The molecule has 0 amide bonds. The number of aryl methyl sites for hydroxylation is 1. The van der Waals surface area contributed by atoms with Crippen molar-refractivity contribution in [3.8, 4) is 11.6 Å². The largest absolute Gasteiger partial charge is 0.439 e. The van der Waals surface area contributed by atoms with E-state index in [9.17, 15) is 4.39 Å². The van der Waals surface area contributed by atoms with Gasteiger partial charge in [-0.2, -0.15) is 0 Å². The predicted octanol–water partition coefficient (Wildman–Crippen LogP) is 3.04. The summed E-state index contributed by atoms with van der Waals surface area (Å²) in [7, 11) is 1.87. The van der Waals surface area contributed by atoms with Crippen molar-refractivity contribution in [1.29, 1.82) is 0 Å². The van der Waals surface area contributed by atoms with E-state index >= 15 is 0 Å². The van der Waals surface area contributed by atoms with Gasteiger partial charge in [0.25, 0.3) is 0 Å². The van der Waals surface area contributed by atoms with Gasteiger partial charge in [-0.05, 0) is 31.2 Å². The molecule has 0 aliphatic rings. The summed E-state index contributed by atoms with van der Waals surface area (Å²) in [6.45, 7) is 2.47. The van der Waals surface area contributed by atoms with Crippen LogP contribution in [0.4, 0.5) is 4.39 Å². The molecular formula is C14H15FN2O. The van der Waals surface area contributed by atoms with E-state index < -0.39 is 0 Å². The number of rotatable bonds is 4. The summed E-state index contributed by atoms with van der Waals surface area (Å²) in [4.78, 5) is 4.16. The average molecular weight is 246 g/mol. The molecule has 0 saturated carbocycles. The van der Waals surface area contributed by atoms with Crippen LogP contribution in [-0.4, -0.2) is 12.0 Å². The zero-order valence-electron chi connectivity index (χ0n) is 10.4. The first kappa shape index (κ1) is 12.5. The number of nitrogens with zero attached hydrogens (tertiary/aromatic N) is 1. The monoisotopic (exact) mass is 246 g/mol. The van der Waals surface area contributed by atoms with Crippen LogP contribution < -0.4 is 10.1 Å². The Hall–Kier alpha value is -1.94. The number of benzene rings is 1. The maximum Gasteiger partial charge on any atom is 0.219 e. The minimum atomic E-state index is -0.278. The minimum Gasteiger partial charge on any atom is -0.439 e. The van der Waals surface area contributed by atoms with Gasteiger partial charge in [0.2, 0.25) is 5.88 Å². The molecule has 0 radical (unpaired) electrons. The Bertz CT molecular complexity index is 526. The topological polar surface area (TPSA) is 34.1 Å². The highest BCUT2D eigenvalue weighted by Crippen LogP contribution is 2.21. The van der Waals surface area contributed by atoms with E-state index in [0.717, 1.165) is 12.1 Å². The smallest absolute Gasteiger partial charge is 0.219 e. The molecule has 1 aromatic heterocycles. The molecule has 0 bridgehead atoms. The fourth-order valence-corrected chi connectivity index (χ4v) is 1.54. The normalized spacial score (nSPS) is 10.4. The van der Waals surface area contributed by atoms with Crippen LogP contribution in [0, 0.1) is 12.7 Å². The SMILES string of the molecule is CNCc1ccc(Oc2ccc(C)c(F)c2)nc1. The van der Waals surface area contributed by atoms with Crippen molar-refractivity contribution in [2.24, 2.45) is 0 Å². The number of ether oxygens (including phenoxy) is 1. The Labute approximate surface area is 106 Å². The fraction of sp³-hybridized carbons (Fsp3) is 0.214. The van der Waals surface area contributed by atoms with Gasteiger partial charge in [0, 0.05) is 24.9 Å². The second-order valence-electron chi connectivity index (χ2n) is 4.05. The van der Waals surface area contributed by atoms with Crippen LogP contribution in [0.25, 0.3) is 0 Å². The van der Waals surface area contributed by atoms with Crippen molar-refractivity contribution in [1.82, 2.24) is 10.3 Å². The highest BCUT2D eigenvalue weighted by atomic mass is 19.1. The molecular weight excluding hydrogens is 231 g/mol. The number of nitrogens with one attached hydrogen (secondary N) is 1. The summed E-state index contributed by atoms with van der Waals surface area (Å²) < 4.78 is 18.8. The number of pyridine rings is 1. The molecule has 3 nitrogen and oxygen atoms in total. The lowest BCUT2D eigenvalue weighted by Crippen LogP contribution is -2.05. The van der Waals surface area contributed by atoms with Crippen molar-refractivity contribution >= 4 is 0 Å². The van der Waals surface area contributed by atoms with Gasteiger partial charge in [-0.25, -0.2) is 9.37 Å². The Morgan fingerprint density at radius 3 is 2.72 bits per heavy atom. The molecule has 18 heavy (non-hydrogen) atoms.